The fourth-order valence-electron chi connectivity index (χ4n) is 3.60. The second kappa shape index (κ2) is 6.06. The van der Waals surface area contributed by atoms with Gasteiger partial charge in [0.05, 0.1) is 15.8 Å². The number of carbonyl (C=O) groups is 1. The maximum absolute atomic E-state index is 13.3. The predicted molar refractivity (Wildman–Crippen MR) is 108 cm³/mol. The van der Waals surface area contributed by atoms with Crippen LogP contribution in [0.15, 0.2) is 54.1 Å². The Morgan fingerprint density at radius 3 is 2.46 bits per heavy atom. The van der Waals surface area contributed by atoms with Gasteiger partial charge in [0.1, 0.15) is 5.01 Å². The number of fused-ring (bicyclic) bond motifs is 1. The molecule has 0 unspecified atom stereocenters. The zero-order valence-corrected chi connectivity index (χ0v) is 16.4. The molecule has 2 aromatic carbocycles. The van der Waals surface area contributed by atoms with Crippen LogP contribution in [-0.4, -0.2) is 22.3 Å². The Morgan fingerprint density at radius 2 is 1.77 bits per heavy atom. The summed E-state index contributed by atoms with van der Waals surface area (Å²) in [5.41, 5.74) is 4.70. The lowest BCUT2D eigenvalue weighted by Crippen LogP contribution is -2.43. The molecule has 1 aliphatic heterocycles. The molecule has 1 amide bonds. The van der Waals surface area contributed by atoms with Crippen LogP contribution in [0.25, 0.3) is 15.8 Å². The Hall–Kier alpha value is -2.46. The summed E-state index contributed by atoms with van der Waals surface area (Å²) in [4.78, 5) is 20.1. The highest BCUT2D eigenvalue weighted by Gasteiger charge is 2.41. The van der Waals surface area contributed by atoms with Crippen molar-refractivity contribution in [2.45, 2.75) is 33.2 Å². The van der Waals surface area contributed by atoms with Crippen molar-refractivity contribution in [3.63, 3.8) is 0 Å². The molecule has 2 heterocycles. The van der Waals surface area contributed by atoms with Crippen molar-refractivity contribution in [3.05, 3.63) is 70.2 Å². The summed E-state index contributed by atoms with van der Waals surface area (Å²) in [6, 6.07) is 16.2. The molecule has 4 heteroatoms. The fraction of sp³-hybridized carbons (Fsp3) is 0.273. The zero-order chi connectivity index (χ0) is 18.5. The minimum atomic E-state index is -0.453. The second-order valence-electron chi connectivity index (χ2n) is 7.41. The van der Waals surface area contributed by atoms with E-state index in [9.17, 15) is 4.79 Å². The van der Waals surface area contributed by atoms with E-state index in [1.165, 1.54) is 10.3 Å². The van der Waals surface area contributed by atoms with E-state index in [0.29, 0.717) is 6.54 Å². The first-order valence-corrected chi connectivity index (χ1v) is 9.65. The molecular formula is C22H22N2OS. The Balaban J connectivity index is 1.73. The normalized spacial score (nSPS) is 15.4. The molecule has 1 aliphatic rings. The molecular weight excluding hydrogens is 340 g/mol. The van der Waals surface area contributed by atoms with Gasteiger partial charge < -0.3 is 4.90 Å². The Bertz CT molecular complexity index is 1030. The summed E-state index contributed by atoms with van der Waals surface area (Å²) in [5, 5.41) is 0.984. The number of hydrogen-bond acceptors (Lipinski definition) is 3. The largest absolute Gasteiger partial charge is 0.323 e. The van der Waals surface area contributed by atoms with E-state index in [1.54, 1.807) is 11.3 Å². The Morgan fingerprint density at radius 1 is 1.04 bits per heavy atom. The molecule has 4 rings (SSSR count). The molecule has 0 saturated heterocycles. The first kappa shape index (κ1) is 17.0. The number of aromatic nitrogens is 1. The number of aryl methyl sites for hydroxylation is 1. The Kier molecular flexibility index (Phi) is 3.96. The highest BCUT2D eigenvalue weighted by Crippen LogP contribution is 2.40. The van der Waals surface area contributed by atoms with Crippen molar-refractivity contribution >= 4 is 33.0 Å². The first-order valence-electron chi connectivity index (χ1n) is 8.83. The van der Waals surface area contributed by atoms with Gasteiger partial charge in [-0.2, -0.15) is 0 Å². The van der Waals surface area contributed by atoms with E-state index in [2.05, 4.69) is 45.9 Å². The summed E-state index contributed by atoms with van der Waals surface area (Å²) in [7, 11) is 0. The van der Waals surface area contributed by atoms with E-state index in [-0.39, 0.29) is 5.91 Å². The van der Waals surface area contributed by atoms with Gasteiger partial charge in [0.25, 0.3) is 5.91 Å². The molecule has 1 aromatic heterocycles. The van der Waals surface area contributed by atoms with Crippen molar-refractivity contribution in [2.24, 2.45) is 0 Å². The van der Waals surface area contributed by atoms with E-state index in [4.69, 9.17) is 4.98 Å². The van der Waals surface area contributed by atoms with Gasteiger partial charge in [-0.15, -0.1) is 11.3 Å². The van der Waals surface area contributed by atoms with Crippen LogP contribution < -0.4 is 0 Å². The van der Waals surface area contributed by atoms with Gasteiger partial charge in [0.15, 0.2) is 0 Å². The van der Waals surface area contributed by atoms with Gasteiger partial charge in [0, 0.05) is 12.1 Å². The molecule has 0 N–H and O–H groups in total. The van der Waals surface area contributed by atoms with Crippen molar-refractivity contribution in [1.82, 2.24) is 9.88 Å². The summed E-state index contributed by atoms with van der Waals surface area (Å²) >= 11 is 1.68. The topological polar surface area (TPSA) is 33.2 Å². The number of para-hydroxylation sites is 1. The van der Waals surface area contributed by atoms with Crippen LogP contribution in [0.4, 0.5) is 0 Å². The summed E-state index contributed by atoms with van der Waals surface area (Å²) in [5.74, 6) is 0.0923. The van der Waals surface area contributed by atoms with Crippen LogP contribution in [-0.2, 0) is 10.3 Å². The average Bonchev–Trinajstić information content (AvgIpc) is 3.19. The van der Waals surface area contributed by atoms with E-state index in [1.807, 2.05) is 35.2 Å². The average molecular weight is 362 g/mol. The minimum absolute atomic E-state index is 0.0923. The summed E-state index contributed by atoms with van der Waals surface area (Å²) in [6.07, 6.45) is 0. The summed E-state index contributed by atoms with van der Waals surface area (Å²) in [6.45, 7) is 8.97. The third-order valence-electron chi connectivity index (χ3n) is 5.16. The Labute approximate surface area is 158 Å². The molecule has 0 spiro atoms. The monoisotopic (exact) mass is 362 g/mol. The number of benzene rings is 2. The highest BCUT2D eigenvalue weighted by molar-refractivity contribution is 7.18. The third kappa shape index (κ3) is 2.56. The number of amides is 1. The highest BCUT2D eigenvalue weighted by atomic mass is 32.1. The van der Waals surface area contributed by atoms with Crippen molar-refractivity contribution < 1.29 is 4.79 Å². The number of hydrogen-bond donors (Lipinski definition) is 0. The third-order valence-corrected chi connectivity index (χ3v) is 6.50. The maximum Gasteiger partial charge on any atom is 0.255 e. The van der Waals surface area contributed by atoms with Gasteiger partial charge in [0.2, 0.25) is 0 Å². The fourth-order valence-corrected chi connectivity index (χ4v) is 4.75. The molecule has 3 aromatic rings. The van der Waals surface area contributed by atoms with Crippen LogP contribution >= 0.6 is 11.3 Å². The number of thiazole rings is 1. The summed E-state index contributed by atoms with van der Waals surface area (Å²) < 4.78 is 1.17. The van der Waals surface area contributed by atoms with Crippen molar-refractivity contribution in [1.29, 1.82) is 0 Å². The molecule has 0 fully saturated rings. The lowest BCUT2D eigenvalue weighted by molar-refractivity contribution is -0.128. The zero-order valence-electron chi connectivity index (χ0n) is 15.5. The molecule has 0 bridgehead atoms. The molecule has 132 valence electrons. The standard InChI is InChI=1S/C22H22N2OS/c1-14-9-8-12-17-19(14)23-21(26-17)22(3,4)24-13-15(2)18(20(24)25)16-10-6-5-7-11-16/h5-12H,13H2,1-4H3. The van der Waals surface area contributed by atoms with Crippen LogP contribution in [0.2, 0.25) is 0 Å². The molecule has 0 saturated carbocycles. The van der Waals surface area contributed by atoms with Crippen molar-refractivity contribution in [2.75, 3.05) is 6.54 Å². The van der Waals surface area contributed by atoms with Crippen molar-refractivity contribution in [3.8, 4) is 0 Å². The molecule has 0 radical (unpaired) electrons. The quantitative estimate of drug-likeness (QED) is 0.645. The first-order chi connectivity index (χ1) is 12.4. The van der Waals surface area contributed by atoms with Gasteiger partial charge in [-0.05, 0) is 50.5 Å². The van der Waals surface area contributed by atoms with Gasteiger partial charge in [-0.1, -0.05) is 42.5 Å². The number of rotatable bonds is 3. The lowest BCUT2D eigenvalue weighted by Gasteiger charge is -2.34. The van der Waals surface area contributed by atoms with E-state index in [0.717, 1.165) is 27.2 Å². The minimum Gasteiger partial charge on any atom is -0.323 e. The van der Waals surface area contributed by atoms with Gasteiger partial charge in [-0.3, -0.25) is 4.79 Å². The lowest BCUT2D eigenvalue weighted by atomic mass is 10.0. The SMILES string of the molecule is CC1=C(c2ccccc2)C(=O)N(C(C)(C)c2nc3c(C)cccc3s2)C1. The van der Waals surface area contributed by atoms with Crippen LogP contribution in [0.3, 0.4) is 0 Å². The second-order valence-corrected chi connectivity index (χ2v) is 8.44. The number of carbonyl (C=O) groups excluding carboxylic acids is 1. The number of nitrogens with zero attached hydrogens (tertiary/aromatic N) is 2. The van der Waals surface area contributed by atoms with E-state index < -0.39 is 5.54 Å². The smallest absolute Gasteiger partial charge is 0.255 e. The van der Waals surface area contributed by atoms with Crippen LogP contribution in [0.5, 0.6) is 0 Å². The molecule has 0 atom stereocenters. The van der Waals surface area contributed by atoms with Gasteiger partial charge >= 0.3 is 0 Å². The van der Waals surface area contributed by atoms with Crippen LogP contribution in [0.1, 0.15) is 36.9 Å². The van der Waals surface area contributed by atoms with Crippen LogP contribution in [0, 0.1) is 6.92 Å². The van der Waals surface area contributed by atoms with Gasteiger partial charge in [-0.25, -0.2) is 4.98 Å². The maximum atomic E-state index is 13.3. The molecule has 26 heavy (non-hydrogen) atoms. The van der Waals surface area contributed by atoms with E-state index >= 15 is 0 Å². The molecule has 0 aliphatic carbocycles. The molecule has 3 nitrogen and oxygen atoms in total. The predicted octanol–water partition coefficient (Wildman–Crippen LogP) is 5.16.